The molecule has 0 radical (unpaired) electrons. The van der Waals surface area contributed by atoms with Gasteiger partial charge < -0.3 is 29.6 Å². The van der Waals surface area contributed by atoms with Crippen molar-refractivity contribution < 1.29 is 38.1 Å². The molecule has 0 aromatic rings. The number of unbranched alkanes of at least 4 members (excludes halogenated alkanes) is 5. The van der Waals surface area contributed by atoms with Crippen LogP contribution in [0.15, 0.2) is 0 Å². The van der Waals surface area contributed by atoms with Gasteiger partial charge in [0.05, 0.1) is 6.61 Å². The molecule has 0 aliphatic rings. The molecule has 0 atom stereocenters. The van der Waals surface area contributed by atoms with E-state index in [2.05, 4.69) is 10.6 Å². The van der Waals surface area contributed by atoms with Crippen LogP contribution in [-0.4, -0.2) is 70.6 Å². The Balaban J connectivity index is 3.41. The van der Waals surface area contributed by atoms with E-state index in [0.717, 1.165) is 32.1 Å². The van der Waals surface area contributed by atoms with Gasteiger partial charge in [-0.3, -0.25) is 14.4 Å². The van der Waals surface area contributed by atoms with Gasteiger partial charge in [-0.05, 0) is 25.7 Å². The van der Waals surface area contributed by atoms with Crippen LogP contribution in [0.1, 0.15) is 64.7 Å². The highest BCUT2D eigenvalue weighted by Crippen LogP contribution is 2.03. The van der Waals surface area contributed by atoms with Crippen LogP contribution in [0.3, 0.4) is 0 Å². The number of hydrogen-bond donors (Lipinski definition) is 2. The van der Waals surface area contributed by atoms with Crippen molar-refractivity contribution in [2.75, 3.05) is 46.6 Å². The normalized spacial score (nSPS) is 10.3. The Labute approximate surface area is 184 Å². The standard InChI is InChI=1S/C21H38N2O8/c1-18(24)22-12-8-4-3-5-9-13-23-21(27)31-17-16-30-20(26)11-7-6-10-19(25)29-15-14-28-2/h3-17H2,1-2H3,(H,22,24)(H,23,27). The minimum atomic E-state index is -0.534. The molecule has 0 aliphatic heterocycles. The fourth-order valence-corrected chi connectivity index (χ4v) is 2.50. The summed E-state index contributed by atoms with van der Waals surface area (Å²) >= 11 is 0. The van der Waals surface area contributed by atoms with Crippen molar-refractivity contribution in [1.29, 1.82) is 0 Å². The molecule has 10 nitrogen and oxygen atoms in total. The number of methoxy groups -OCH3 is 1. The number of nitrogens with one attached hydrogen (secondary N) is 2. The average molecular weight is 447 g/mol. The monoisotopic (exact) mass is 446 g/mol. The second-order valence-electron chi connectivity index (χ2n) is 6.95. The van der Waals surface area contributed by atoms with E-state index in [1.165, 1.54) is 14.0 Å². The summed E-state index contributed by atoms with van der Waals surface area (Å²) in [6.45, 7) is 3.31. The maximum atomic E-state index is 11.6. The van der Waals surface area contributed by atoms with Crippen molar-refractivity contribution in [3.63, 3.8) is 0 Å². The molecular weight excluding hydrogens is 408 g/mol. The van der Waals surface area contributed by atoms with E-state index < -0.39 is 12.1 Å². The van der Waals surface area contributed by atoms with Crippen molar-refractivity contribution in [3.8, 4) is 0 Å². The van der Waals surface area contributed by atoms with E-state index >= 15 is 0 Å². The Bertz CT molecular complexity index is 514. The van der Waals surface area contributed by atoms with Crippen LogP contribution in [0, 0.1) is 0 Å². The minimum Gasteiger partial charge on any atom is -0.463 e. The molecule has 0 unspecified atom stereocenters. The quantitative estimate of drug-likeness (QED) is 0.175. The van der Waals surface area contributed by atoms with Crippen molar-refractivity contribution in [1.82, 2.24) is 10.6 Å². The van der Waals surface area contributed by atoms with Gasteiger partial charge in [0, 0.05) is 40.0 Å². The zero-order valence-electron chi connectivity index (χ0n) is 18.9. The molecule has 0 saturated carbocycles. The highest BCUT2D eigenvalue weighted by atomic mass is 16.6. The zero-order valence-corrected chi connectivity index (χ0v) is 18.9. The summed E-state index contributed by atoms with van der Waals surface area (Å²) in [5.74, 6) is -0.715. The number of esters is 2. The lowest BCUT2D eigenvalue weighted by molar-refractivity contribution is -0.147. The van der Waals surface area contributed by atoms with Crippen molar-refractivity contribution in [2.45, 2.75) is 64.7 Å². The zero-order chi connectivity index (χ0) is 23.2. The highest BCUT2D eigenvalue weighted by molar-refractivity contribution is 5.72. The molecule has 0 saturated heterocycles. The van der Waals surface area contributed by atoms with Crippen LogP contribution in [0.25, 0.3) is 0 Å². The number of carbonyl (C=O) groups is 4. The first-order chi connectivity index (χ1) is 15.0. The fourth-order valence-electron chi connectivity index (χ4n) is 2.50. The minimum absolute atomic E-state index is 0.000386. The molecule has 2 N–H and O–H groups in total. The van der Waals surface area contributed by atoms with Gasteiger partial charge in [0.25, 0.3) is 0 Å². The highest BCUT2D eigenvalue weighted by Gasteiger charge is 2.07. The first kappa shape index (κ1) is 28.6. The summed E-state index contributed by atoms with van der Waals surface area (Å²) in [7, 11) is 1.53. The molecule has 180 valence electrons. The number of ether oxygens (including phenoxy) is 4. The molecule has 0 rings (SSSR count). The lowest BCUT2D eigenvalue weighted by Crippen LogP contribution is -2.26. The molecular formula is C21H38N2O8. The van der Waals surface area contributed by atoms with Crippen molar-refractivity contribution in [3.05, 3.63) is 0 Å². The Morgan fingerprint density at radius 2 is 1.10 bits per heavy atom. The maximum absolute atomic E-state index is 11.6. The fraction of sp³-hybridized carbons (Fsp3) is 0.810. The smallest absolute Gasteiger partial charge is 0.407 e. The van der Waals surface area contributed by atoms with E-state index in [1.54, 1.807) is 0 Å². The summed E-state index contributed by atoms with van der Waals surface area (Å²) in [5, 5.41) is 5.40. The van der Waals surface area contributed by atoms with Crippen LogP contribution in [0.4, 0.5) is 4.79 Å². The maximum Gasteiger partial charge on any atom is 0.407 e. The Morgan fingerprint density at radius 3 is 1.65 bits per heavy atom. The average Bonchev–Trinajstić information content (AvgIpc) is 2.73. The van der Waals surface area contributed by atoms with E-state index in [1.807, 2.05) is 0 Å². The Kier molecular flexibility index (Phi) is 19.3. The molecule has 2 amide bonds. The number of rotatable bonds is 19. The van der Waals surface area contributed by atoms with Crippen LogP contribution >= 0.6 is 0 Å². The summed E-state index contributed by atoms with van der Waals surface area (Å²) in [6, 6.07) is 0. The third kappa shape index (κ3) is 22.2. The predicted octanol–water partition coefficient (Wildman–Crippen LogP) is 2.09. The van der Waals surface area contributed by atoms with E-state index in [-0.39, 0.29) is 44.5 Å². The largest absolute Gasteiger partial charge is 0.463 e. The summed E-state index contributed by atoms with van der Waals surface area (Å²) in [4.78, 5) is 45.2. The van der Waals surface area contributed by atoms with Gasteiger partial charge in [-0.25, -0.2) is 4.79 Å². The number of amides is 2. The summed E-state index contributed by atoms with van der Waals surface area (Å²) in [5.41, 5.74) is 0. The molecule has 10 heteroatoms. The molecule has 0 bridgehead atoms. The van der Waals surface area contributed by atoms with Gasteiger partial charge in [-0.2, -0.15) is 0 Å². The van der Waals surface area contributed by atoms with Gasteiger partial charge in [-0.15, -0.1) is 0 Å². The third-order valence-corrected chi connectivity index (χ3v) is 4.14. The summed E-state index contributed by atoms with van der Waals surface area (Å²) in [6.07, 6.45) is 5.84. The number of carbonyl (C=O) groups excluding carboxylic acids is 4. The molecule has 31 heavy (non-hydrogen) atoms. The lowest BCUT2D eigenvalue weighted by atomic mass is 10.1. The molecule has 0 heterocycles. The van der Waals surface area contributed by atoms with E-state index in [4.69, 9.17) is 18.9 Å². The second kappa shape index (κ2) is 20.9. The van der Waals surface area contributed by atoms with Gasteiger partial charge in [0.2, 0.25) is 5.91 Å². The van der Waals surface area contributed by atoms with Gasteiger partial charge >= 0.3 is 18.0 Å². The van der Waals surface area contributed by atoms with Crippen LogP contribution < -0.4 is 10.6 Å². The Hall–Kier alpha value is -2.36. The van der Waals surface area contributed by atoms with Crippen LogP contribution in [0.2, 0.25) is 0 Å². The molecule has 0 aliphatic carbocycles. The van der Waals surface area contributed by atoms with Crippen molar-refractivity contribution >= 4 is 23.9 Å². The first-order valence-corrected chi connectivity index (χ1v) is 10.9. The second-order valence-corrected chi connectivity index (χ2v) is 6.95. The van der Waals surface area contributed by atoms with Crippen molar-refractivity contribution in [2.24, 2.45) is 0 Å². The van der Waals surface area contributed by atoms with Crippen LogP contribution in [0.5, 0.6) is 0 Å². The van der Waals surface area contributed by atoms with E-state index in [0.29, 0.717) is 32.5 Å². The number of alkyl carbamates (subject to hydrolysis) is 1. The first-order valence-electron chi connectivity index (χ1n) is 10.9. The molecule has 0 aromatic carbocycles. The number of hydrogen-bond acceptors (Lipinski definition) is 8. The third-order valence-electron chi connectivity index (χ3n) is 4.14. The van der Waals surface area contributed by atoms with E-state index in [9.17, 15) is 19.2 Å². The molecule has 0 fully saturated rings. The topological polar surface area (TPSA) is 129 Å². The molecule has 0 spiro atoms. The van der Waals surface area contributed by atoms with Gasteiger partial charge in [0.1, 0.15) is 19.8 Å². The summed E-state index contributed by atoms with van der Waals surface area (Å²) < 4.78 is 19.6. The lowest BCUT2D eigenvalue weighted by Gasteiger charge is -2.08. The molecule has 0 aromatic heterocycles. The Morgan fingerprint density at radius 1 is 0.613 bits per heavy atom. The SMILES string of the molecule is COCCOC(=O)CCCCC(=O)OCCOC(=O)NCCCCCCCNC(C)=O. The van der Waals surface area contributed by atoms with Crippen LogP contribution in [-0.2, 0) is 33.3 Å². The van der Waals surface area contributed by atoms with Gasteiger partial charge in [0.15, 0.2) is 0 Å². The predicted molar refractivity (Wildman–Crippen MR) is 113 cm³/mol. The van der Waals surface area contributed by atoms with Gasteiger partial charge in [-0.1, -0.05) is 19.3 Å².